The second-order valence-corrected chi connectivity index (χ2v) is 11.1. The predicted octanol–water partition coefficient (Wildman–Crippen LogP) is 4.04. The van der Waals surface area contributed by atoms with Crippen LogP contribution in [0.4, 0.5) is 0 Å². The number of rotatable bonds is 11. The minimum Gasteiger partial charge on any atom is -0.496 e. The number of allylic oxidation sites excluding steroid dienone is 2. The molecular weight excluding hydrogens is 564 g/mol. The van der Waals surface area contributed by atoms with Crippen molar-refractivity contribution in [1.82, 2.24) is 9.80 Å². The maximum absolute atomic E-state index is 12.8. The third-order valence-electron chi connectivity index (χ3n) is 8.26. The highest BCUT2D eigenvalue weighted by Gasteiger charge is 2.33. The van der Waals surface area contributed by atoms with Crippen molar-refractivity contribution >= 4 is 11.9 Å². The quantitative estimate of drug-likeness (QED) is 0.212. The second kappa shape index (κ2) is 14.5. The number of benzene rings is 2. The summed E-state index contributed by atoms with van der Waals surface area (Å²) in [4.78, 5) is 29.1. The topological polar surface area (TPSA) is 96.0 Å². The molecule has 2 aromatic rings. The fraction of sp³-hybridized carbons (Fsp3) is 0.471. The molecule has 0 amide bonds. The van der Waals surface area contributed by atoms with E-state index in [2.05, 4.69) is 33.8 Å². The van der Waals surface area contributed by atoms with Gasteiger partial charge < -0.3 is 28.4 Å². The first-order valence-corrected chi connectivity index (χ1v) is 14.9. The molecule has 0 aliphatic carbocycles. The van der Waals surface area contributed by atoms with E-state index in [-0.39, 0.29) is 26.0 Å². The Morgan fingerprint density at radius 2 is 1.77 bits per heavy atom. The number of nitrogens with zero attached hydrogens (tertiary/aromatic N) is 2. The van der Waals surface area contributed by atoms with Gasteiger partial charge in [0.15, 0.2) is 11.5 Å². The average molecular weight is 605 g/mol. The molecule has 10 nitrogen and oxygen atoms in total. The van der Waals surface area contributed by atoms with Gasteiger partial charge in [-0.1, -0.05) is 29.6 Å². The molecule has 3 aliphatic rings. The summed E-state index contributed by atoms with van der Waals surface area (Å²) in [6.07, 6.45) is 3.38. The van der Waals surface area contributed by atoms with Crippen molar-refractivity contribution in [2.45, 2.75) is 46.3 Å². The third-order valence-corrected chi connectivity index (χ3v) is 8.26. The van der Waals surface area contributed by atoms with Crippen molar-refractivity contribution in [1.29, 1.82) is 0 Å². The number of cyclic esters (lactones) is 1. The van der Waals surface area contributed by atoms with E-state index in [1.807, 2.05) is 26.0 Å². The lowest BCUT2D eigenvalue weighted by Gasteiger charge is -2.33. The number of hydrogen-bond donors (Lipinski definition) is 0. The van der Waals surface area contributed by atoms with Crippen molar-refractivity contribution in [3.8, 4) is 34.8 Å². The van der Waals surface area contributed by atoms with Crippen LogP contribution in [0.1, 0.15) is 52.4 Å². The zero-order chi connectivity index (χ0) is 31.1. The van der Waals surface area contributed by atoms with Gasteiger partial charge in [0, 0.05) is 50.3 Å². The van der Waals surface area contributed by atoms with Crippen LogP contribution < -0.4 is 18.9 Å². The Morgan fingerprint density at radius 3 is 2.55 bits per heavy atom. The molecular formula is C34H40N2O8. The molecule has 0 unspecified atom stereocenters. The van der Waals surface area contributed by atoms with Gasteiger partial charge in [-0.2, -0.15) is 0 Å². The van der Waals surface area contributed by atoms with Crippen molar-refractivity contribution in [3.63, 3.8) is 0 Å². The minimum atomic E-state index is -0.403. The Bertz CT molecular complexity index is 1480. The van der Waals surface area contributed by atoms with E-state index in [9.17, 15) is 9.59 Å². The first kappa shape index (κ1) is 31.2. The number of fused-ring (bicyclic) bond motifs is 2. The van der Waals surface area contributed by atoms with Crippen LogP contribution >= 0.6 is 0 Å². The maximum Gasteiger partial charge on any atom is 0.342 e. The van der Waals surface area contributed by atoms with Crippen LogP contribution in [-0.4, -0.2) is 82.1 Å². The van der Waals surface area contributed by atoms with E-state index in [0.717, 1.165) is 66.5 Å². The lowest BCUT2D eigenvalue weighted by molar-refractivity contribution is -0.140. The van der Waals surface area contributed by atoms with Gasteiger partial charge >= 0.3 is 11.9 Å². The molecule has 2 aromatic carbocycles. The van der Waals surface area contributed by atoms with Crippen molar-refractivity contribution in [2.24, 2.45) is 0 Å². The third kappa shape index (κ3) is 7.29. The zero-order valence-corrected chi connectivity index (χ0v) is 26.0. The smallest absolute Gasteiger partial charge is 0.342 e. The second-order valence-electron chi connectivity index (χ2n) is 11.1. The summed E-state index contributed by atoms with van der Waals surface area (Å²) in [7, 11) is 3.00. The number of carbonyl (C=O) groups excluding carboxylic acids is 2. The summed E-state index contributed by atoms with van der Waals surface area (Å²) in [6, 6.07) is 6.13. The van der Waals surface area contributed by atoms with Gasteiger partial charge in [0.1, 0.15) is 30.3 Å². The molecule has 0 radical (unpaired) electrons. The fourth-order valence-corrected chi connectivity index (χ4v) is 5.68. The summed E-state index contributed by atoms with van der Waals surface area (Å²) in [5.74, 6) is 8.46. The van der Waals surface area contributed by atoms with Crippen molar-refractivity contribution in [2.75, 3.05) is 60.3 Å². The van der Waals surface area contributed by atoms with Crippen LogP contribution in [0, 0.1) is 18.8 Å². The van der Waals surface area contributed by atoms with Crippen LogP contribution in [0.5, 0.6) is 23.0 Å². The van der Waals surface area contributed by atoms with Gasteiger partial charge in [-0.3, -0.25) is 14.6 Å². The molecule has 44 heavy (non-hydrogen) atoms. The molecule has 0 aromatic heterocycles. The molecule has 1 fully saturated rings. The van der Waals surface area contributed by atoms with Crippen LogP contribution in [0.15, 0.2) is 29.8 Å². The molecule has 0 saturated carbocycles. The Morgan fingerprint density at radius 1 is 1.00 bits per heavy atom. The van der Waals surface area contributed by atoms with Crippen molar-refractivity contribution < 1.29 is 38.0 Å². The number of methoxy groups -OCH3 is 2. The molecule has 234 valence electrons. The number of ether oxygens (including phenoxy) is 6. The molecule has 10 heteroatoms. The molecule has 0 spiro atoms. The van der Waals surface area contributed by atoms with Crippen LogP contribution in [-0.2, 0) is 33.8 Å². The Balaban J connectivity index is 1.19. The number of carbonyl (C=O) groups is 2. The average Bonchev–Trinajstić information content (AvgIpc) is 3.67. The standard InChI is InChI=1S/C34H40N2O8/c1-23(8-12-30(37)39-3)7-10-26-32(40-4)24(2)27-21-42-34(38)31(27)33(26)41-18-6-5-13-35-14-16-36(17-15-35)20-25-9-11-28-29(19-25)44-22-43-28/h7,9,11,19H,8,10,12-18,20-22H2,1-4H3/b23-7+. The Hall–Kier alpha value is -4.20. The highest BCUT2D eigenvalue weighted by molar-refractivity contribution is 5.98. The summed E-state index contributed by atoms with van der Waals surface area (Å²) >= 11 is 0. The Labute approximate surface area is 258 Å². The van der Waals surface area contributed by atoms with E-state index in [1.165, 1.54) is 12.7 Å². The van der Waals surface area contributed by atoms with Gasteiger partial charge in [0.25, 0.3) is 0 Å². The minimum absolute atomic E-state index is 0.133. The van der Waals surface area contributed by atoms with E-state index in [4.69, 9.17) is 28.4 Å². The van der Waals surface area contributed by atoms with Crippen LogP contribution in [0.2, 0.25) is 0 Å². The van der Waals surface area contributed by atoms with Gasteiger partial charge in [0.05, 0.1) is 20.8 Å². The van der Waals surface area contributed by atoms with E-state index >= 15 is 0 Å². The SMILES string of the molecule is COC(=O)CC/C(C)=C/Cc1c(OC)c(C)c2c(c1OCC#CCN1CCN(Cc3ccc4c(c3)OCO4)CC1)C(=O)OC2. The first-order valence-electron chi connectivity index (χ1n) is 14.9. The molecule has 0 atom stereocenters. The molecule has 0 N–H and O–H groups in total. The van der Waals surface area contributed by atoms with Crippen LogP contribution in [0.3, 0.4) is 0 Å². The predicted molar refractivity (Wildman–Crippen MR) is 163 cm³/mol. The number of piperazine rings is 1. The lowest BCUT2D eigenvalue weighted by Crippen LogP contribution is -2.45. The Kier molecular flexibility index (Phi) is 10.3. The normalized spacial score (nSPS) is 16.2. The molecule has 0 bridgehead atoms. The van der Waals surface area contributed by atoms with Crippen LogP contribution in [0.25, 0.3) is 0 Å². The summed E-state index contributed by atoms with van der Waals surface area (Å²) in [5.41, 5.74) is 5.09. The summed E-state index contributed by atoms with van der Waals surface area (Å²) < 4.78 is 33.0. The summed E-state index contributed by atoms with van der Waals surface area (Å²) in [6.45, 7) is 9.80. The molecule has 3 heterocycles. The maximum atomic E-state index is 12.8. The van der Waals surface area contributed by atoms with Gasteiger partial charge in [-0.15, -0.1) is 0 Å². The first-order chi connectivity index (χ1) is 21.4. The highest BCUT2D eigenvalue weighted by Crippen LogP contribution is 2.43. The van der Waals surface area contributed by atoms with E-state index < -0.39 is 5.97 Å². The highest BCUT2D eigenvalue weighted by atomic mass is 16.7. The lowest BCUT2D eigenvalue weighted by atomic mass is 9.94. The monoisotopic (exact) mass is 604 g/mol. The fourth-order valence-electron chi connectivity index (χ4n) is 5.68. The van der Waals surface area contributed by atoms with E-state index in [0.29, 0.717) is 42.9 Å². The number of hydrogen-bond acceptors (Lipinski definition) is 10. The molecule has 5 rings (SSSR count). The largest absolute Gasteiger partial charge is 0.496 e. The van der Waals surface area contributed by atoms with E-state index in [1.54, 1.807) is 7.11 Å². The summed E-state index contributed by atoms with van der Waals surface area (Å²) in [5, 5.41) is 0. The zero-order valence-electron chi connectivity index (χ0n) is 26.0. The molecule has 3 aliphatic heterocycles. The van der Waals surface area contributed by atoms with Gasteiger partial charge in [-0.05, 0) is 49.9 Å². The molecule has 1 saturated heterocycles. The van der Waals surface area contributed by atoms with Gasteiger partial charge in [-0.25, -0.2) is 4.79 Å². The van der Waals surface area contributed by atoms with Gasteiger partial charge in [0.2, 0.25) is 6.79 Å². The van der Waals surface area contributed by atoms with Crippen molar-refractivity contribution in [3.05, 3.63) is 57.7 Å². The number of esters is 2.